The summed E-state index contributed by atoms with van der Waals surface area (Å²) in [7, 11) is 1.96. The minimum absolute atomic E-state index is 0.0603. The standard InChI is InChI=1S/C58H93N13O14.CO2/c1-65-27-28-67(40-51(75)76)29-30-68(41-52(77)78)33-36-71(42-53(79)80)45(39-65)37-43-17-19-44(20-18-43)38-48-62-56(69-25-13-8-14-26-69)64-57(63-48)70-34-31-66(32-35-70)24-12-7-5-3-2-4-6-9-16-49(72)59-23-11-10-15-46(54(81)82)60-58(85)61-47(55(83)84)21-22-50(73)74;2-1-3/h17-20,45-47H,2-16,21-42H2,1H3,(H,59,72)(H,73,74)(H,75,76)(H,77,78)(H,79,80)(H,81,82)(H,83,84)(H2,60,61,85);/t45?,46-,47-;/m0./s1. The van der Waals surface area contributed by atoms with Crippen LogP contribution in [0.4, 0.5) is 16.7 Å². The number of piperidine rings is 1. The Morgan fingerprint density at radius 3 is 1.59 bits per heavy atom. The average Bonchev–Trinajstić information content (AvgIpc) is 2.84. The van der Waals surface area contributed by atoms with Gasteiger partial charge in [-0.25, -0.2) is 14.4 Å². The first-order chi connectivity index (χ1) is 42.2. The number of benzene rings is 1. The molecule has 3 atom stereocenters. The highest BCUT2D eigenvalue weighted by atomic mass is 16.4. The second kappa shape index (κ2) is 40.9. The van der Waals surface area contributed by atoms with Crippen molar-refractivity contribution in [3.05, 3.63) is 41.2 Å². The number of aliphatic carboxylic acids is 6. The Bertz CT molecular complexity index is 2530. The van der Waals surface area contributed by atoms with Gasteiger partial charge in [-0.3, -0.25) is 43.6 Å². The molecule has 3 fully saturated rings. The van der Waals surface area contributed by atoms with E-state index in [1.165, 1.54) is 6.42 Å². The van der Waals surface area contributed by atoms with E-state index in [0.717, 1.165) is 127 Å². The summed E-state index contributed by atoms with van der Waals surface area (Å²) in [4.78, 5) is 140. The van der Waals surface area contributed by atoms with Crippen LogP contribution in [0.1, 0.15) is 126 Å². The van der Waals surface area contributed by atoms with Gasteiger partial charge in [-0.05, 0) is 88.9 Å². The molecule has 29 heteroatoms. The molecule has 490 valence electrons. The van der Waals surface area contributed by atoms with E-state index in [9.17, 15) is 63.9 Å². The Labute approximate surface area is 514 Å². The molecule has 0 spiro atoms. The molecular weight excluding hydrogens is 1150 g/mol. The lowest BCUT2D eigenvalue weighted by atomic mass is 10.0. The Morgan fingerprint density at radius 1 is 0.534 bits per heavy atom. The molecule has 3 aliphatic rings. The maximum atomic E-state index is 12.4. The quantitative estimate of drug-likeness (QED) is 0.0445. The summed E-state index contributed by atoms with van der Waals surface area (Å²) in [6.45, 7) is 8.99. The summed E-state index contributed by atoms with van der Waals surface area (Å²) in [5.41, 5.74) is 2.06. The molecule has 0 radical (unpaired) electrons. The number of nitrogens with one attached hydrogen (secondary N) is 3. The fourth-order valence-electron chi connectivity index (χ4n) is 11.0. The topological polar surface area (TPSA) is 390 Å². The van der Waals surface area contributed by atoms with Crippen LogP contribution in [0.5, 0.6) is 0 Å². The molecule has 4 heterocycles. The number of unbranched alkanes of at least 4 members (excludes halogenated alkanes) is 8. The Morgan fingerprint density at radius 2 is 1.03 bits per heavy atom. The zero-order chi connectivity index (χ0) is 64.2. The number of nitrogens with zero attached hydrogens (tertiary/aromatic N) is 10. The van der Waals surface area contributed by atoms with Crippen LogP contribution in [0.25, 0.3) is 0 Å². The average molecular weight is 1240 g/mol. The number of aromatic nitrogens is 3. The van der Waals surface area contributed by atoms with Gasteiger partial charge in [-0.1, -0.05) is 62.8 Å². The van der Waals surface area contributed by atoms with Gasteiger partial charge in [0.15, 0.2) is 0 Å². The number of carboxylic acid groups (broad SMARTS) is 6. The number of carbonyl (C=O) groups excluding carboxylic acids is 4. The molecule has 3 amide bonds. The summed E-state index contributed by atoms with van der Waals surface area (Å²) in [6.07, 6.45) is 13.7. The largest absolute Gasteiger partial charge is 0.481 e. The fraction of sp³-hybridized carbons (Fsp3) is 0.695. The summed E-state index contributed by atoms with van der Waals surface area (Å²) < 4.78 is 0. The fourth-order valence-corrected chi connectivity index (χ4v) is 11.0. The van der Waals surface area contributed by atoms with Crippen molar-refractivity contribution in [1.29, 1.82) is 0 Å². The highest BCUT2D eigenvalue weighted by Crippen LogP contribution is 2.23. The van der Waals surface area contributed by atoms with Crippen molar-refractivity contribution >= 4 is 65.8 Å². The third-order valence-corrected chi connectivity index (χ3v) is 15.9. The van der Waals surface area contributed by atoms with Crippen molar-refractivity contribution in [2.45, 2.75) is 140 Å². The van der Waals surface area contributed by atoms with E-state index in [1.54, 1.807) is 4.90 Å². The molecule has 0 bridgehead atoms. The van der Waals surface area contributed by atoms with E-state index >= 15 is 0 Å². The van der Waals surface area contributed by atoms with Gasteiger partial charge in [0.25, 0.3) is 0 Å². The number of urea groups is 1. The van der Waals surface area contributed by atoms with Crippen LogP contribution < -0.4 is 25.8 Å². The summed E-state index contributed by atoms with van der Waals surface area (Å²) >= 11 is 0. The lowest BCUT2D eigenvalue weighted by molar-refractivity contribution is -0.192. The molecule has 3 aliphatic heterocycles. The van der Waals surface area contributed by atoms with Crippen LogP contribution in [0.15, 0.2) is 24.3 Å². The van der Waals surface area contributed by atoms with Crippen LogP contribution in [-0.2, 0) is 56.0 Å². The molecule has 3 saturated heterocycles. The lowest BCUT2D eigenvalue weighted by Crippen LogP contribution is -2.52. The van der Waals surface area contributed by atoms with Gasteiger partial charge < -0.3 is 61.3 Å². The molecule has 9 N–H and O–H groups in total. The number of anilines is 2. The van der Waals surface area contributed by atoms with E-state index in [2.05, 4.69) is 59.8 Å². The molecule has 5 rings (SSSR count). The summed E-state index contributed by atoms with van der Waals surface area (Å²) in [5.74, 6) is -4.81. The van der Waals surface area contributed by atoms with Gasteiger partial charge in [0.1, 0.15) is 17.9 Å². The number of piperazine rings is 1. The van der Waals surface area contributed by atoms with E-state index in [0.29, 0.717) is 96.2 Å². The van der Waals surface area contributed by atoms with Crippen LogP contribution in [0.3, 0.4) is 0 Å². The smallest absolute Gasteiger partial charge is 0.373 e. The van der Waals surface area contributed by atoms with Crippen molar-refractivity contribution in [3.8, 4) is 0 Å². The molecule has 0 saturated carbocycles. The number of hydrogen-bond donors (Lipinski definition) is 9. The molecule has 1 aromatic carbocycles. The maximum absolute atomic E-state index is 12.4. The first-order valence-corrected chi connectivity index (χ1v) is 30.8. The maximum Gasteiger partial charge on any atom is 0.373 e. The SMILES string of the molecule is CN1CCN(CC(=O)O)CCN(CC(=O)O)CCN(CC(=O)O)C(Cc2ccc(Cc3nc(N4CCCCC4)nc(N4CCN(CCCCCCCCCCC(=O)NCCCC[C@H](NC(=O)N[C@@H](CCC(=O)O)C(=O)O)C(=O)O)CC4)n3)cc2)C1.O=C=O. The van der Waals surface area contributed by atoms with Gasteiger partial charge in [0, 0.05) is 117 Å². The van der Waals surface area contributed by atoms with Crippen LogP contribution >= 0.6 is 0 Å². The molecular formula is C59H93N13O16. The predicted molar refractivity (Wildman–Crippen MR) is 321 cm³/mol. The molecule has 88 heavy (non-hydrogen) atoms. The number of amides is 3. The first kappa shape index (κ1) is 73.0. The number of carboxylic acids is 6. The third-order valence-electron chi connectivity index (χ3n) is 15.9. The first-order valence-electron chi connectivity index (χ1n) is 30.8. The summed E-state index contributed by atoms with van der Waals surface area (Å²) in [5, 5.41) is 63.9. The number of rotatable bonds is 35. The molecule has 0 aliphatic carbocycles. The molecule has 2 aromatic rings. The van der Waals surface area contributed by atoms with Crippen molar-refractivity contribution in [2.24, 2.45) is 0 Å². The van der Waals surface area contributed by atoms with Crippen molar-refractivity contribution in [2.75, 3.05) is 135 Å². The van der Waals surface area contributed by atoms with Crippen LogP contribution in [0, 0.1) is 0 Å². The minimum Gasteiger partial charge on any atom is -0.481 e. The lowest BCUT2D eigenvalue weighted by Gasteiger charge is -2.37. The van der Waals surface area contributed by atoms with Gasteiger partial charge >= 0.3 is 48.0 Å². The third kappa shape index (κ3) is 30.0. The van der Waals surface area contributed by atoms with Crippen LogP contribution in [-0.4, -0.2) is 267 Å². The highest BCUT2D eigenvalue weighted by Gasteiger charge is 2.29. The van der Waals surface area contributed by atoms with Gasteiger partial charge in [0.05, 0.1) is 19.6 Å². The van der Waals surface area contributed by atoms with Gasteiger partial charge in [0.2, 0.25) is 17.8 Å². The van der Waals surface area contributed by atoms with E-state index in [4.69, 9.17) is 29.6 Å². The minimum atomic E-state index is -1.48. The highest BCUT2D eigenvalue weighted by molar-refractivity contribution is 5.86. The zero-order valence-electron chi connectivity index (χ0n) is 50.9. The van der Waals surface area contributed by atoms with Gasteiger partial charge in [-0.15, -0.1) is 0 Å². The predicted octanol–water partition coefficient (Wildman–Crippen LogP) is 1.88. The van der Waals surface area contributed by atoms with Crippen LogP contribution in [0.2, 0.25) is 0 Å². The molecule has 1 aromatic heterocycles. The second-order valence-electron chi connectivity index (χ2n) is 22.9. The number of carbonyl (C=O) groups is 8. The van der Waals surface area contributed by atoms with E-state index in [1.807, 2.05) is 16.8 Å². The van der Waals surface area contributed by atoms with Crippen molar-refractivity contribution < 1.29 is 78.6 Å². The van der Waals surface area contributed by atoms with Gasteiger partial charge in [-0.2, -0.15) is 24.5 Å². The van der Waals surface area contributed by atoms with E-state index < -0.39 is 60.4 Å². The van der Waals surface area contributed by atoms with E-state index in [-0.39, 0.29) is 50.6 Å². The number of likely N-dealkylation sites (N-methyl/N-ethyl adjacent to an activating group) is 1. The molecule has 1 unspecified atom stereocenters. The second-order valence-corrected chi connectivity index (χ2v) is 22.9. The zero-order valence-corrected chi connectivity index (χ0v) is 50.9. The summed E-state index contributed by atoms with van der Waals surface area (Å²) in [6, 6.07) is 4.30. The van der Waals surface area contributed by atoms with Crippen molar-refractivity contribution in [1.82, 2.24) is 55.4 Å². The Balaban J connectivity index is 0.00000540. The van der Waals surface area contributed by atoms with Crippen molar-refractivity contribution in [3.63, 3.8) is 0 Å². The normalized spacial score (nSPS) is 17.6. The number of hydrogen-bond acceptors (Lipinski definition) is 20. The Hall–Kier alpha value is -7.43. The Kier molecular flexibility index (Phi) is 34.0. The monoisotopic (exact) mass is 1240 g/mol. The molecule has 29 nitrogen and oxygen atoms in total.